The standard InChI is InChI=1S/C15H19N3O/c1-10-9-12(7-8-13(10)16)15-17-14(18-19-15)11-5-3-2-4-6-11/h7-9,11H,2-6,16H2,1H3. The van der Waals surface area contributed by atoms with Crippen molar-refractivity contribution in [1.82, 2.24) is 10.1 Å². The molecule has 1 fully saturated rings. The number of anilines is 1. The summed E-state index contributed by atoms with van der Waals surface area (Å²) in [5, 5.41) is 4.15. The molecule has 2 N–H and O–H groups in total. The number of aromatic nitrogens is 2. The number of benzene rings is 1. The summed E-state index contributed by atoms with van der Waals surface area (Å²) in [6, 6.07) is 5.81. The second kappa shape index (κ2) is 5.03. The van der Waals surface area contributed by atoms with Crippen molar-refractivity contribution in [3.8, 4) is 11.5 Å². The summed E-state index contributed by atoms with van der Waals surface area (Å²) in [7, 11) is 0. The minimum Gasteiger partial charge on any atom is -0.399 e. The zero-order valence-electron chi connectivity index (χ0n) is 11.2. The molecule has 0 bridgehead atoms. The predicted octanol–water partition coefficient (Wildman–Crippen LogP) is 3.67. The van der Waals surface area contributed by atoms with E-state index in [1.807, 2.05) is 25.1 Å². The van der Waals surface area contributed by atoms with Crippen LogP contribution in [0.1, 0.15) is 49.4 Å². The third kappa shape index (κ3) is 2.48. The lowest BCUT2D eigenvalue weighted by Gasteiger charge is -2.17. The maximum Gasteiger partial charge on any atom is 0.257 e. The largest absolute Gasteiger partial charge is 0.399 e. The molecule has 0 unspecified atom stereocenters. The van der Waals surface area contributed by atoms with Crippen LogP contribution < -0.4 is 5.73 Å². The van der Waals surface area contributed by atoms with Crippen LogP contribution in [0.3, 0.4) is 0 Å². The summed E-state index contributed by atoms with van der Waals surface area (Å²) in [4.78, 5) is 4.56. The third-order valence-corrected chi connectivity index (χ3v) is 3.93. The Hall–Kier alpha value is -1.84. The Kier molecular flexibility index (Phi) is 3.23. The molecule has 2 aromatic rings. The SMILES string of the molecule is Cc1cc(-c2nc(C3CCCCC3)no2)ccc1N. The first-order chi connectivity index (χ1) is 9.24. The fourth-order valence-corrected chi connectivity index (χ4v) is 2.69. The molecule has 1 aromatic heterocycles. The van der Waals surface area contributed by atoms with Crippen LogP contribution >= 0.6 is 0 Å². The number of nitrogens with zero attached hydrogens (tertiary/aromatic N) is 2. The van der Waals surface area contributed by atoms with E-state index in [0.29, 0.717) is 11.8 Å². The summed E-state index contributed by atoms with van der Waals surface area (Å²) in [6.07, 6.45) is 6.24. The van der Waals surface area contributed by atoms with Crippen molar-refractivity contribution in [2.45, 2.75) is 44.9 Å². The Morgan fingerprint density at radius 1 is 1.21 bits per heavy atom. The van der Waals surface area contributed by atoms with Crippen LogP contribution in [0.4, 0.5) is 5.69 Å². The van der Waals surface area contributed by atoms with Gasteiger partial charge in [0.25, 0.3) is 5.89 Å². The van der Waals surface area contributed by atoms with Crippen LogP contribution in [0.5, 0.6) is 0 Å². The zero-order valence-corrected chi connectivity index (χ0v) is 11.2. The topological polar surface area (TPSA) is 64.9 Å². The predicted molar refractivity (Wildman–Crippen MR) is 74.7 cm³/mol. The zero-order chi connectivity index (χ0) is 13.2. The summed E-state index contributed by atoms with van der Waals surface area (Å²) < 4.78 is 5.40. The Balaban J connectivity index is 1.85. The number of nitrogens with two attached hydrogens (primary N) is 1. The van der Waals surface area contributed by atoms with Gasteiger partial charge >= 0.3 is 0 Å². The molecule has 1 aromatic carbocycles. The van der Waals surface area contributed by atoms with Gasteiger partial charge in [0.1, 0.15) is 0 Å². The molecule has 19 heavy (non-hydrogen) atoms. The van der Waals surface area contributed by atoms with Crippen LogP contribution in [-0.4, -0.2) is 10.1 Å². The van der Waals surface area contributed by atoms with E-state index in [1.165, 1.54) is 32.1 Å². The van der Waals surface area contributed by atoms with Crippen molar-refractivity contribution in [1.29, 1.82) is 0 Å². The molecule has 1 aliphatic rings. The molecule has 1 aliphatic carbocycles. The fraction of sp³-hybridized carbons (Fsp3) is 0.467. The molecule has 0 spiro atoms. The molecule has 0 saturated heterocycles. The van der Waals surface area contributed by atoms with E-state index in [9.17, 15) is 0 Å². The van der Waals surface area contributed by atoms with Gasteiger partial charge in [-0.05, 0) is 43.5 Å². The molecule has 0 amide bonds. The van der Waals surface area contributed by atoms with Gasteiger partial charge in [-0.25, -0.2) is 0 Å². The number of hydrogen-bond acceptors (Lipinski definition) is 4. The molecule has 0 atom stereocenters. The van der Waals surface area contributed by atoms with Crippen LogP contribution in [0.15, 0.2) is 22.7 Å². The van der Waals surface area contributed by atoms with Crippen molar-refractivity contribution in [2.24, 2.45) is 0 Å². The molecular formula is C15H19N3O. The fourth-order valence-electron chi connectivity index (χ4n) is 2.69. The van der Waals surface area contributed by atoms with Gasteiger partial charge in [-0.3, -0.25) is 0 Å². The number of rotatable bonds is 2. The van der Waals surface area contributed by atoms with Crippen LogP contribution in [0.25, 0.3) is 11.5 Å². The van der Waals surface area contributed by atoms with Gasteiger partial charge in [0, 0.05) is 17.2 Å². The van der Waals surface area contributed by atoms with E-state index < -0.39 is 0 Å². The van der Waals surface area contributed by atoms with Gasteiger partial charge in [0.2, 0.25) is 0 Å². The molecule has 1 heterocycles. The van der Waals surface area contributed by atoms with Crippen molar-refractivity contribution in [3.63, 3.8) is 0 Å². The lowest BCUT2D eigenvalue weighted by Crippen LogP contribution is -2.06. The highest BCUT2D eigenvalue weighted by atomic mass is 16.5. The molecular weight excluding hydrogens is 238 g/mol. The van der Waals surface area contributed by atoms with Crippen LogP contribution in [0, 0.1) is 6.92 Å². The van der Waals surface area contributed by atoms with Gasteiger partial charge in [0.05, 0.1) is 0 Å². The van der Waals surface area contributed by atoms with E-state index in [0.717, 1.165) is 22.6 Å². The third-order valence-electron chi connectivity index (χ3n) is 3.93. The van der Waals surface area contributed by atoms with E-state index >= 15 is 0 Å². The Morgan fingerprint density at radius 2 is 2.00 bits per heavy atom. The smallest absolute Gasteiger partial charge is 0.257 e. The molecule has 1 saturated carbocycles. The first-order valence-electron chi connectivity index (χ1n) is 6.94. The minimum absolute atomic E-state index is 0.473. The van der Waals surface area contributed by atoms with Crippen LogP contribution in [0.2, 0.25) is 0 Å². The Labute approximate surface area is 113 Å². The van der Waals surface area contributed by atoms with E-state index in [1.54, 1.807) is 0 Å². The number of hydrogen-bond donors (Lipinski definition) is 1. The van der Waals surface area contributed by atoms with Gasteiger partial charge < -0.3 is 10.3 Å². The van der Waals surface area contributed by atoms with Crippen LogP contribution in [-0.2, 0) is 0 Å². The minimum atomic E-state index is 0.473. The highest BCUT2D eigenvalue weighted by molar-refractivity contribution is 5.60. The maximum absolute atomic E-state index is 5.82. The average molecular weight is 257 g/mol. The van der Waals surface area contributed by atoms with Crippen molar-refractivity contribution < 1.29 is 4.52 Å². The van der Waals surface area contributed by atoms with Gasteiger partial charge in [0.15, 0.2) is 5.82 Å². The van der Waals surface area contributed by atoms with Gasteiger partial charge in [-0.2, -0.15) is 4.98 Å². The van der Waals surface area contributed by atoms with E-state index in [2.05, 4.69) is 10.1 Å². The number of aryl methyl sites for hydroxylation is 1. The van der Waals surface area contributed by atoms with Crippen molar-refractivity contribution >= 4 is 5.69 Å². The summed E-state index contributed by atoms with van der Waals surface area (Å²) in [5.41, 5.74) is 8.59. The van der Waals surface area contributed by atoms with E-state index in [-0.39, 0.29) is 0 Å². The first kappa shape index (κ1) is 12.2. The van der Waals surface area contributed by atoms with Gasteiger partial charge in [-0.15, -0.1) is 0 Å². The monoisotopic (exact) mass is 257 g/mol. The Bertz CT molecular complexity index is 571. The summed E-state index contributed by atoms with van der Waals surface area (Å²) in [6.45, 7) is 1.98. The first-order valence-corrected chi connectivity index (χ1v) is 6.94. The quantitative estimate of drug-likeness (QED) is 0.833. The van der Waals surface area contributed by atoms with Crippen molar-refractivity contribution in [2.75, 3.05) is 5.73 Å². The Morgan fingerprint density at radius 3 is 2.74 bits per heavy atom. The lowest BCUT2D eigenvalue weighted by atomic mass is 9.89. The lowest BCUT2D eigenvalue weighted by molar-refractivity contribution is 0.385. The number of nitrogen functional groups attached to an aromatic ring is 1. The molecule has 4 heteroatoms. The summed E-state index contributed by atoms with van der Waals surface area (Å²) in [5.74, 6) is 1.94. The molecule has 100 valence electrons. The van der Waals surface area contributed by atoms with Gasteiger partial charge in [-0.1, -0.05) is 24.4 Å². The highest BCUT2D eigenvalue weighted by Crippen LogP contribution is 2.32. The second-order valence-corrected chi connectivity index (χ2v) is 5.36. The molecule has 0 radical (unpaired) electrons. The summed E-state index contributed by atoms with van der Waals surface area (Å²) >= 11 is 0. The molecule has 3 rings (SSSR count). The highest BCUT2D eigenvalue weighted by Gasteiger charge is 2.21. The van der Waals surface area contributed by atoms with Crippen molar-refractivity contribution in [3.05, 3.63) is 29.6 Å². The normalized spacial score (nSPS) is 16.7. The average Bonchev–Trinajstić information content (AvgIpc) is 2.93. The maximum atomic E-state index is 5.82. The van der Waals surface area contributed by atoms with E-state index in [4.69, 9.17) is 10.3 Å². The molecule has 4 nitrogen and oxygen atoms in total. The second-order valence-electron chi connectivity index (χ2n) is 5.36. The molecule has 0 aliphatic heterocycles.